The summed E-state index contributed by atoms with van der Waals surface area (Å²) in [5.41, 5.74) is 4.16. The lowest BCUT2D eigenvalue weighted by atomic mass is 10.0. The number of amides is 3. The molecular weight excluding hydrogens is 490 g/mol. The first-order chi connectivity index (χ1) is 18.2. The number of hydrogen-bond donors (Lipinski definition) is 2. The number of nitrogens with zero attached hydrogens (tertiary/aromatic N) is 2. The van der Waals surface area contributed by atoms with E-state index >= 15 is 0 Å². The van der Waals surface area contributed by atoms with E-state index in [4.69, 9.17) is 0 Å². The van der Waals surface area contributed by atoms with E-state index < -0.39 is 23.6 Å². The molecule has 3 amide bonds. The van der Waals surface area contributed by atoms with E-state index in [1.54, 1.807) is 0 Å². The highest BCUT2D eigenvalue weighted by molar-refractivity contribution is 6.13. The maximum absolute atomic E-state index is 13.6. The lowest BCUT2D eigenvalue weighted by Gasteiger charge is -2.11. The normalized spacial score (nSPS) is 14.4. The number of halogens is 2. The molecule has 0 saturated carbocycles. The Kier molecular flexibility index (Phi) is 6.50. The van der Waals surface area contributed by atoms with Gasteiger partial charge in [0.05, 0.1) is 17.8 Å². The second-order valence-corrected chi connectivity index (χ2v) is 9.16. The lowest BCUT2D eigenvalue weighted by molar-refractivity contribution is -0.123. The van der Waals surface area contributed by atoms with Crippen molar-refractivity contribution in [3.8, 4) is 5.69 Å². The molecule has 9 heteroatoms. The molecule has 4 aromatic rings. The van der Waals surface area contributed by atoms with E-state index in [0.29, 0.717) is 17.8 Å². The van der Waals surface area contributed by atoms with Crippen molar-refractivity contribution in [1.82, 2.24) is 20.0 Å². The predicted octanol–water partition coefficient (Wildman–Crippen LogP) is 4.74. The van der Waals surface area contributed by atoms with Crippen molar-refractivity contribution in [3.05, 3.63) is 128 Å². The summed E-state index contributed by atoms with van der Waals surface area (Å²) in [4.78, 5) is 40.2. The average Bonchev–Trinajstić information content (AvgIpc) is 3.33. The third-order valence-corrected chi connectivity index (χ3v) is 6.57. The maximum Gasteiger partial charge on any atom is 0.329 e. The van der Waals surface area contributed by atoms with Gasteiger partial charge in [0.25, 0.3) is 11.5 Å². The summed E-state index contributed by atoms with van der Waals surface area (Å²) in [7, 11) is 0. The van der Waals surface area contributed by atoms with E-state index in [9.17, 15) is 23.2 Å². The fraction of sp³-hybridized carbons (Fsp3) is 0.138. The number of para-hydroxylation sites is 1. The monoisotopic (exact) mass is 514 g/mol. The number of urea groups is 1. The van der Waals surface area contributed by atoms with Crippen molar-refractivity contribution in [1.29, 1.82) is 0 Å². The minimum Gasteiger partial charge on any atom is -0.303 e. The van der Waals surface area contributed by atoms with Gasteiger partial charge in [0.2, 0.25) is 0 Å². The highest BCUT2D eigenvalue weighted by atomic mass is 19.2. The van der Waals surface area contributed by atoms with E-state index in [0.717, 1.165) is 33.7 Å². The Morgan fingerprint density at radius 2 is 1.58 bits per heavy atom. The van der Waals surface area contributed by atoms with E-state index in [2.05, 4.69) is 10.4 Å². The number of nitrogens with one attached hydrogen (secondary N) is 2. The van der Waals surface area contributed by atoms with Crippen molar-refractivity contribution in [2.45, 2.75) is 26.8 Å². The number of aryl methyl sites for hydroxylation is 2. The van der Waals surface area contributed by atoms with Gasteiger partial charge >= 0.3 is 6.03 Å². The molecule has 192 valence electrons. The van der Waals surface area contributed by atoms with Crippen molar-refractivity contribution >= 4 is 18.0 Å². The van der Waals surface area contributed by atoms with Crippen molar-refractivity contribution in [2.24, 2.45) is 0 Å². The van der Waals surface area contributed by atoms with Gasteiger partial charge in [0, 0.05) is 12.1 Å². The molecule has 1 saturated heterocycles. The number of imide groups is 1. The Bertz CT molecular complexity index is 1670. The molecule has 3 aromatic carbocycles. The molecule has 2 N–H and O–H groups in total. The largest absolute Gasteiger partial charge is 0.329 e. The molecule has 1 fully saturated rings. The summed E-state index contributed by atoms with van der Waals surface area (Å²) in [5.74, 6) is -2.77. The predicted molar refractivity (Wildman–Crippen MR) is 139 cm³/mol. The van der Waals surface area contributed by atoms with E-state index in [-0.39, 0.29) is 28.9 Å². The molecule has 5 rings (SSSR count). The van der Waals surface area contributed by atoms with Crippen LogP contribution in [0.25, 0.3) is 11.8 Å². The van der Waals surface area contributed by atoms with Crippen LogP contribution in [0.2, 0.25) is 0 Å². The van der Waals surface area contributed by atoms with Gasteiger partial charge in [-0.15, -0.1) is 0 Å². The molecule has 1 aliphatic heterocycles. The van der Waals surface area contributed by atoms with Crippen LogP contribution in [0.3, 0.4) is 0 Å². The van der Waals surface area contributed by atoms with Crippen LogP contribution in [0.15, 0.2) is 77.2 Å². The van der Waals surface area contributed by atoms with Gasteiger partial charge < -0.3 is 5.32 Å². The summed E-state index contributed by atoms with van der Waals surface area (Å²) in [6, 6.07) is 17.6. The highest BCUT2D eigenvalue weighted by Gasteiger charge is 2.34. The van der Waals surface area contributed by atoms with Crippen molar-refractivity contribution in [2.75, 3.05) is 0 Å². The molecule has 0 radical (unpaired) electrons. The topological polar surface area (TPSA) is 87.2 Å². The molecule has 0 atom stereocenters. The first kappa shape index (κ1) is 24.9. The summed E-state index contributed by atoms with van der Waals surface area (Å²) < 4.78 is 28.4. The van der Waals surface area contributed by atoms with Crippen LogP contribution in [-0.2, 0) is 17.8 Å². The SMILES string of the molecule is Cc1ccccc1Cc1[nH]n(-c2ccccc2C)c(=O)c1/C=C1\NC(=O)N(Cc2ccc(F)c(F)c2)C1=O. The third kappa shape index (κ3) is 4.66. The molecule has 2 heterocycles. The minimum atomic E-state index is -1.07. The van der Waals surface area contributed by atoms with Gasteiger partial charge in [-0.25, -0.2) is 18.3 Å². The highest BCUT2D eigenvalue weighted by Crippen LogP contribution is 2.22. The quantitative estimate of drug-likeness (QED) is 0.288. The lowest BCUT2D eigenvalue weighted by Crippen LogP contribution is -2.30. The molecule has 7 nitrogen and oxygen atoms in total. The van der Waals surface area contributed by atoms with Crippen LogP contribution >= 0.6 is 0 Å². The van der Waals surface area contributed by atoms with Crippen LogP contribution in [0, 0.1) is 25.5 Å². The Balaban J connectivity index is 1.55. The third-order valence-electron chi connectivity index (χ3n) is 6.57. The van der Waals surface area contributed by atoms with Crippen LogP contribution in [0.4, 0.5) is 13.6 Å². The molecule has 0 bridgehead atoms. The van der Waals surface area contributed by atoms with Gasteiger partial charge in [0.1, 0.15) is 5.70 Å². The Labute approximate surface area is 217 Å². The zero-order chi connectivity index (χ0) is 27.0. The number of aromatic nitrogens is 2. The van der Waals surface area contributed by atoms with Crippen LogP contribution in [0.1, 0.15) is 33.5 Å². The zero-order valence-electron chi connectivity index (χ0n) is 20.7. The van der Waals surface area contributed by atoms with Crippen molar-refractivity contribution in [3.63, 3.8) is 0 Å². The second-order valence-electron chi connectivity index (χ2n) is 9.16. The number of H-pyrrole nitrogens is 1. The molecular formula is C29H24F2N4O3. The molecule has 0 spiro atoms. The van der Waals surface area contributed by atoms with E-state index in [1.165, 1.54) is 16.8 Å². The summed E-state index contributed by atoms with van der Waals surface area (Å²) in [6.07, 6.45) is 1.76. The van der Waals surface area contributed by atoms with Gasteiger partial charge in [0.15, 0.2) is 11.6 Å². The molecule has 0 aliphatic carbocycles. The summed E-state index contributed by atoms with van der Waals surface area (Å²) in [6.45, 7) is 3.61. The van der Waals surface area contributed by atoms with Crippen LogP contribution in [0.5, 0.6) is 0 Å². The maximum atomic E-state index is 13.6. The Morgan fingerprint density at radius 3 is 2.29 bits per heavy atom. The number of hydrogen-bond acceptors (Lipinski definition) is 3. The van der Waals surface area contributed by atoms with Gasteiger partial charge in [-0.2, -0.15) is 0 Å². The fourth-order valence-electron chi connectivity index (χ4n) is 4.44. The number of rotatable bonds is 6. The summed E-state index contributed by atoms with van der Waals surface area (Å²) in [5, 5.41) is 5.70. The Morgan fingerprint density at radius 1 is 0.868 bits per heavy atom. The molecule has 38 heavy (non-hydrogen) atoms. The van der Waals surface area contributed by atoms with Gasteiger partial charge in [-0.1, -0.05) is 48.5 Å². The van der Waals surface area contributed by atoms with E-state index in [1.807, 2.05) is 62.4 Å². The van der Waals surface area contributed by atoms with Crippen LogP contribution < -0.4 is 10.9 Å². The van der Waals surface area contributed by atoms with Crippen molar-refractivity contribution < 1.29 is 18.4 Å². The van der Waals surface area contributed by atoms with Crippen LogP contribution in [-0.4, -0.2) is 26.6 Å². The van der Waals surface area contributed by atoms with Gasteiger partial charge in [-0.05, 0) is 60.4 Å². The van der Waals surface area contributed by atoms with Gasteiger partial charge in [-0.3, -0.25) is 19.6 Å². The second kappa shape index (κ2) is 9.93. The number of aromatic amines is 1. The first-order valence-electron chi connectivity index (χ1n) is 12.0. The number of benzene rings is 3. The number of carbonyl (C=O) groups excluding carboxylic acids is 2. The molecule has 0 unspecified atom stereocenters. The smallest absolute Gasteiger partial charge is 0.303 e. The summed E-state index contributed by atoms with van der Waals surface area (Å²) >= 11 is 0. The fourth-order valence-corrected chi connectivity index (χ4v) is 4.44. The minimum absolute atomic E-state index is 0.0864. The molecule has 1 aliphatic rings. The first-order valence-corrected chi connectivity index (χ1v) is 12.0. The average molecular weight is 515 g/mol. The standard InChI is InChI=1S/C29H24F2N4O3/c1-17-7-3-5-9-20(17)14-24-21(27(36)35(33-24)26-10-6-4-8-18(26)2)15-25-28(37)34(29(38)32-25)16-19-11-12-22(30)23(31)13-19/h3-13,15,33H,14,16H2,1-2H3,(H,32,38)/b25-15-. The number of carbonyl (C=O) groups is 2. The molecule has 1 aromatic heterocycles. The zero-order valence-corrected chi connectivity index (χ0v) is 20.7. The Hall–Kier alpha value is -4.79.